The molecule has 1 aliphatic rings. The summed E-state index contributed by atoms with van der Waals surface area (Å²) >= 11 is 1.60. The van der Waals surface area contributed by atoms with E-state index < -0.39 is 5.91 Å². The number of carbonyl (C=O) groups excluding carboxylic acids is 2. The highest BCUT2D eigenvalue weighted by molar-refractivity contribution is 7.18. The van der Waals surface area contributed by atoms with Crippen molar-refractivity contribution in [2.24, 2.45) is 5.92 Å². The van der Waals surface area contributed by atoms with Crippen molar-refractivity contribution in [3.63, 3.8) is 0 Å². The first-order valence-corrected chi connectivity index (χ1v) is 9.82. The van der Waals surface area contributed by atoms with E-state index in [1.807, 2.05) is 19.0 Å². The molecular weight excluding hydrogens is 366 g/mol. The van der Waals surface area contributed by atoms with Crippen LogP contribution in [0.2, 0.25) is 0 Å². The van der Waals surface area contributed by atoms with Gasteiger partial charge in [-0.05, 0) is 44.8 Å². The van der Waals surface area contributed by atoms with Crippen LogP contribution >= 0.6 is 11.3 Å². The molecular formula is C18H25N5O3S. The van der Waals surface area contributed by atoms with Gasteiger partial charge < -0.3 is 4.90 Å². The van der Waals surface area contributed by atoms with Gasteiger partial charge in [0.2, 0.25) is 5.91 Å². The van der Waals surface area contributed by atoms with Crippen LogP contribution in [-0.2, 0) is 35.5 Å². The second kappa shape index (κ2) is 7.77. The van der Waals surface area contributed by atoms with Crippen LogP contribution in [0.1, 0.15) is 36.5 Å². The third kappa shape index (κ3) is 4.19. The van der Waals surface area contributed by atoms with Gasteiger partial charge >= 0.3 is 0 Å². The highest BCUT2D eigenvalue weighted by Gasteiger charge is 2.25. The van der Waals surface area contributed by atoms with Gasteiger partial charge in [0, 0.05) is 11.8 Å². The van der Waals surface area contributed by atoms with Crippen LogP contribution in [-0.4, -0.2) is 40.4 Å². The van der Waals surface area contributed by atoms with Crippen molar-refractivity contribution < 1.29 is 9.59 Å². The van der Waals surface area contributed by atoms with Gasteiger partial charge in [0.15, 0.2) is 0 Å². The molecule has 0 saturated carbocycles. The van der Waals surface area contributed by atoms with Crippen LogP contribution in [0.3, 0.4) is 0 Å². The molecule has 2 heterocycles. The number of fused-ring (bicyclic) bond motifs is 3. The number of carbonyl (C=O) groups is 2. The van der Waals surface area contributed by atoms with Crippen LogP contribution in [0.5, 0.6) is 0 Å². The maximum atomic E-state index is 13.3. The minimum Gasteiger partial charge on any atom is -0.302 e. The first-order chi connectivity index (χ1) is 12.8. The summed E-state index contributed by atoms with van der Waals surface area (Å²) in [5, 5.41) is 0.650. The van der Waals surface area contributed by atoms with Gasteiger partial charge in [-0.3, -0.25) is 29.8 Å². The fraction of sp³-hybridized carbons (Fsp3) is 0.556. The third-order valence-corrected chi connectivity index (χ3v) is 5.78. The first-order valence-electron chi connectivity index (χ1n) is 9.00. The molecule has 1 aliphatic carbocycles. The van der Waals surface area contributed by atoms with Crippen LogP contribution in [0.25, 0.3) is 10.2 Å². The molecule has 146 valence electrons. The molecule has 0 aliphatic heterocycles. The smallest absolute Gasteiger partial charge is 0.263 e. The zero-order valence-corrected chi connectivity index (χ0v) is 16.9. The molecule has 0 saturated heterocycles. The fourth-order valence-corrected chi connectivity index (χ4v) is 4.77. The van der Waals surface area contributed by atoms with Crippen molar-refractivity contribution in [3.05, 3.63) is 26.6 Å². The van der Waals surface area contributed by atoms with Crippen LogP contribution in [0.4, 0.5) is 0 Å². The molecule has 2 aromatic rings. The van der Waals surface area contributed by atoms with E-state index in [1.54, 1.807) is 11.3 Å². The van der Waals surface area contributed by atoms with E-state index in [1.165, 1.54) is 16.4 Å². The lowest BCUT2D eigenvalue weighted by Crippen LogP contribution is -2.44. The highest BCUT2D eigenvalue weighted by atomic mass is 32.1. The third-order valence-electron chi connectivity index (χ3n) is 4.63. The number of thiophene rings is 1. The van der Waals surface area contributed by atoms with Crippen molar-refractivity contribution >= 4 is 33.4 Å². The van der Waals surface area contributed by atoms with Crippen molar-refractivity contribution in [2.45, 2.75) is 46.2 Å². The van der Waals surface area contributed by atoms with Crippen molar-refractivity contribution in [2.75, 3.05) is 14.1 Å². The molecule has 27 heavy (non-hydrogen) atoms. The van der Waals surface area contributed by atoms with E-state index in [0.29, 0.717) is 23.7 Å². The van der Waals surface area contributed by atoms with Gasteiger partial charge in [0.1, 0.15) is 17.2 Å². The minimum absolute atomic E-state index is 0.179. The molecule has 3 rings (SSSR count). The maximum absolute atomic E-state index is 13.3. The molecule has 2 aromatic heterocycles. The summed E-state index contributed by atoms with van der Waals surface area (Å²) in [5.41, 5.74) is 5.48. The predicted octanol–water partition coefficient (Wildman–Crippen LogP) is 0.812. The van der Waals surface area contributed by atoms with Crippen molar-refractivity contribution in [1.29, 1.82) is 0 Å². The van der Waals surface area contributed by atoms with Crippen LogP contribution in [0.15, 0.2) is 4.79 Å². The number of aromatic nitrogens is 2. The average Bonchev–Trinajstić information content (AvgIpc) is 2.93. The maximum Gasteiger partial charge on any atom is 0.263 e. The molecule has 0 radical (unpaired) electrons. The van der Waals surface area contributed by atoms with E-state index in [0.717, 1.165) is 29.7 Å². The Kier molecular flexibility index (Phi) is 5.61. The molecule has 8 nitrogen and oxygen atoms in total. The van der Waals surface area contributed by atoms with Gasteiger partial charge in [-0.2, -0.15) is 0 Å². The summed E-state index contributed by atoms with van der Waals surface area (Å²) in [4.78, 5) is 45.1. The van der Waals surface area contributed by atoms with E-state index in [-0.39, 0.29) is 18.0 Å². The van der Waals surface area contributed by atoms with Crippen molar-refractivity contribution in [3.8, 4) is 0 Å². The molecule has 2 amide bonds. The lowest BCUT2D eigenvalue weighted by Gasteiger charge is -2.18. The normalized spacial score (nSPS) is 16.4. The first kappa shape index (κ1) is 19.5. The summed E-state index contributed by atoms with van der Waals surface area (Å²) in [6, 6.07) is 0. The Morgan fingerprint density at radius 3 is 2.74 bits per heavy atom. The van der Waals surface area contributed by atoms with Gasteiger partial charge in [-0.15, -0.1) is 11.3 Å². The Hall–Kier alpha value is -2.26. The predicted molar refractivity (Wildman–Crippen MR) is 104 cm³/mol. The molecule has 0 aromatic carbocycles. The SMILES string of the molecule is CC(=O)NNC(=O)Cn1c(CN(C)C)nc2sc3c(c2c1=O)CCC(C)C3. The van der Waals surface area contributed by atoms with Gasteiger partial charge in [0.05, 0.1) is 11.9 Å². The fourth-order valence-electron chi connectivity index (χ4n) is 3.37. The summed E-state index contributed by atoms with van der Waals surface area (Å²) < 4.78 is 1.42. The Morgan fingerprint density at radius 1 is 1.33 bits per heavy atom. The second-order valence-corrected chi connectivity index (χ2v) is 8.50. The summed E-state index contributed by atoms with van der Waals surface area (Å²) in [6.07, 6.45) is 2.90. The van der Waals surface area contributed by atoms with E-state index >= 15 is 0 Å². The molecule has 2 N–H and O–H groups in total. The van der Waals surface area contributed by atoms with Gasteiger partial charge in [-0.1, -0.05) is 6.92 Å². The average molecular weight is 391 g/mol. The molecule has 1 unspecified atom stereocenters. The molecule has 1 atom stereocenters. The summed E-state index contributed by atoms with van der Waals surface area (Å²) in [5.74, 6) is 0.310. The number of nitrogens with one attached hydrogen (secondary N) is 2. The lowest BCUT2D eigenvalue weighted by molar-refractivity contribution is -0.128. The Bertz CT molecular complexity index is 947. The standard InChI is InChI=1S/C18H25N5O3S/c1-10-5-6-12-13(7-10)27-17-16(12)18(26)23(14(19-17)8-22(3)4)9-15(25)21-20-11(2)24/h10H,5-9H2,1-4H3,(H,20,24)(H,21,25). The molecule has 9 heteroatoms. The number of amides is 2. The lowest BCUT2D eigenvalue weighted by atomic mass is 9.89. The van der Waals surface area contributed by atoms with E-state index in [9.17, 15) is 14.4 Å². The molecule has 0 fully saturated rings. The van der Waals surface area contributed by atoms with E-state index in [2.05, 4.69) is 17.8 Å². The highest BCUT2D eigenvalue weighted by Crippen LogP contribution is 2.35. The number of rotatable bonds is 4. The second-order valence-electron chi connectivity index (χ2n) is 7.42. The Labute approximate surface area is 161 Å². The van der Waals surface area contributed by atoms with Crippen LogP contribution in [0, 0.1) is 5.92 Å². The van der Waals surface area contributed by atoms with Crippen LogP contribution < -0.4 is 16.4 Å². The zero-order chi connectivity index (χ0) is 19.7. The number of hydrogen-bond donors (Lipinski definition) is 2. The summed E-state index contributed by atoms with van der Waals surface area (Å²) in [7, 11) is 3.78. The topological polar surface area (TPSA) is 96.3 Å². The van der Waals surface area contributed by atoms with Gasteiger partial charge in [-0.25, -0.2) is 4.98 Å². The quantitative estimate of drug-likeness (QED) is 0.752. The molecule has 0 bridgehead atoms. The monoisotopic (exact) mass is 391 g/mol. The van der Waals surface area contributed by atoms with Gasteiger partial charge in [0.25, 0.3) is 11.5 Å². The number of hydrazine groups is 1. The Balaban J connectivity index is 2.06. The zero-order valence-electron chi connectivity index (χ0n) is 16.1. The van der Waals surface area contributed by atoms with E-state index in [4.69, 9.17) is 4.98 Å². The molecule has 0 spiro atoms. The number of hydrogen-bond acceptors (Lipinski definition) is 6. The summed E-state index contributed by atoms with van der Waals surface area (Å²) in [6.45, 7) is 3.78. The Morgan fingerprint density at radius 2 is 2.07 bits per heavy atom. The number of aryl methyl sites for hydroxylation is 1. The minimum atomic E-state index is -0.467. The number of nitrogens with zero attached hydrogens (tertiary/aromatic N) is 3. The largest absolute Gasteiger partial charge is 0.302 e. The van der Waals surface area contributed by atoms with Crippen molar-refractivity contribution in [1.82, 2.24) is 25.3 Å².